The van der Waals surface area contributed by atoms with Crippen molar-refractivity contribution in [2.24, 2.45) is 0 Å². The second-order valence-corrected chi connectivity index (χ2v) is 6.86. The maximum Gasteiger partial charge on any atom is 0.404 e. The van der Waals surface area contributed by atoms with Crippen LogP contribution in [0, 0.1) is 5.82 Å². The summed E-state index contributed by atoms with van der Waals surface area (Å²) < 4.78 is 69.0. The van der Waals surface area contributed by atoms with Crippen molar-refractivity contribution in [1.29, 1.82) is 0 Å². The Morgan fingerprint density at radius 3 is 2.48 bits per heavy atom. The largest absolute Gasteiger partial charge is 0.434 e. The van der Waals surface area contributed by atoms with E-state index in [0.29, 0.717) is 11.1 Å². The minimum Gasteiger partial charge on any atom is -0.434 e. The summed E-state index contributed by atoms with van der Waals surface area (Å²) in [5.41, 5.74) is 1.21. The standard InChI is InChI=1S/C21H16F4N2O4/c1-21(25)30-16-3-2-12(6-18(16)31-21)14-5-13(15(22)7-17(14)29-20(23)24)4-11-8-26-19(10-28)27-9-11/h2-3,5-9,20,28H,4,10H2,1H3. The Hall–Kier alpha value is -3.40. The van der Waals surface area contributed by atoms with Crippen LogP contribution in [-0.2, 0) is 13.0 Å². The van der Waals surface area contributed by atoms with Gasteiger partial charge in [0, 0.05) is 37.4 Å². The first-order valence-electron chi connectivity index (χ1n) is 9.13. The van der Waals surface area contributed by atoms with Crippen LogP contribution in [0.2, 0.25) is 0 Å². The van der Waals surface area contributed by atoms with Gasteiger partial charge in [-0.05, 0) is 34.9 Å². The van der Waals surface area contributed by atoms with Gasteiger partial charge in [-0.3, -0.25) is 0 Å². The quantitative estimate of drug-likeness (QED) is 0.578. The van der Waals surface area contributed by atoms with E-state index >= 15 is 0 Å². The Balaban J connectivity index is 1.74. The molecule has 0 spiro atoms. The molecule has 3 aromatic rings. The van der Waals surface area contributed by atoms with Gasteiger partial charge in [-0.25, -0.2) is 14.4 Å². The van der Waals surface area contributed by atoms with Crippen LogP contribution in [0.3, 0.4) is 0 Å². The number of hydrogen-bond acceptors (Lipinski definition) is 6. The van der Waals surface area contributed by atoms with E-state index in [1.165, 1.54) is 36.7 Å². The number of benzene rings is 2. The lowest BCUT2D eigenvalue weighted by Crippen LogP contribution is -2.27. The van der Waals surface area contributed by atoms with E-state index in [0.717, 1.165) is 13.0 Å². The molecule has 1 aliphatic rings. The first-order valence-corrected chi connectivity index (χ1v) is 9.13. The summed E-state index contributed by atoms with van der Waals surface area (Å²) in [6.45, 7) is -2.43. The van der Waals surface area contributed by atoms with Crippen molar-refractivity contribution < 1.29 is 36.9 Å². The number of aliphatic hydroxyl groups excluding tert-OH is 1. The molecule has 2 aromatic carbocycles. The van der Waals surface area contributed by atoms with Crippen LogP contribution in [0.4, 0.5) is 17.6 Å². The van der Waals surface area contributed by atoms with Crippen molar-refractivity contribution in [3.63, 3.8) is 0 Å². The molecule has 2 heterocycles. The molecule has 31 heavy (non-hydrogen) atoms. The Kier molecular flexibility index (Phi) is 5.40. The number of aromatic nitrogens is 2. The lowest BCUT2D eigenvalue weighted by Gasteiger charge is -2.14. The fourth-order valence-corrected chi connectivity index (χ4v) is 3.18. The van der Waals surface area contributed by atoms with Gasteiger partial charge < -0.3 is 19.3 Å². The third-order valence-electron chi connectivity index (χ3n) is 4.50. The van der Waals surface area contributed by atoms with E-state index in [-0.39, 0.29) is 47.2 Å². The van der Waals surface area contributed by atoms with Gasteiger partial charge in [0.05, 0.1) is 0 Å². The number of hydrogen-bond donors (Lipinski definition) is 1. The number of halogens is 4. The average molecular weight is 436 g/mol. The lowest BCUT2D eigenvalue weighted by molar-refractivity contribution is -0.173. The summed E-state index contributed by atoms with van der Waals surface area (Å²) in [5.74, 6) is -0.712. The maximum absolute atomic E-state index is 14.6. The average Bonchev–Trinajstić information content (AvgIpc) is 3.03. The smallest absolute Gasteiger partial charge is 0.404 e. The molecule has 0 aliphatic carbocycles. The predicted octanol–water partition coefficient (Wildman–Crippen LogP) is 4.38. The number of nitrogens with zero attached hydrogens (tertiary/aromatic N) is 2. The van der Waals surface area contributed by atoms with Crippen molar-refractivity contribution in [2.75, 3.05) is 0 Å². The molecular formula is C21H16F4N2O4. The first-order chi connectivity index (χ1) is 14.7. The highest BCUT2D eigenvalue weighted by Gasteiger charge is 2.37. The van der Waals surface area contributed by atoms with Crippen LogP contribution in [0.15, 0.2) is 42.7 Å². The number of alkyl halides is 3. The Labute approximate surface area is 174 Å². The molecule has 0 fully saturated rings. The Bertz CT molecular complexity index is 1110. The maximum atomic E-state index is 14.6. The van der Waals surface area contributed by atoms with Gasteiger partial charge in [0.15, 0.2) is 17.3 Å². The van der Waals surface area contributed by atoms with Crippen molar-refractivity contribution in [3.05, 3.63) is 65.5 Å². The molecule has 0 amide bonds. The molecule has 162 valence electrons. The highest BCUT2D eigenvalue weighted by atomic mass is 19.3. The zero-order chi connectivity index (χ0) is 22.2. The van der Waals surface area contributed by atoms with Crippen LogP contribution in [0.1, 0.15) is 23.9 Å². The number of rotatable bonds is 6. The second kappa shape index (κ2) is 8.03. The molecule has 0 saturated heterocycles. The third kappa shape index (κ3) is 4.53. The summed E-state index contributed by atoms with van der Waals surface area (Å²) in [6.07, 6.45) is 2.93. The molecule has 1 unspecified atom stereocenters. The van der Waals surface area contributed by atoms with Crippen molar-refractivity contribution in [2.45, 2.75) is 32.6 Å². The molecule has 6 nitrogen and oxygen atoms in total. The number of aliphatic hydroxyl groups is 1. The van der Waals surface area contributed by atoms with Crippen LogP contribution < -0.4 is 14.2 Å². The monoisotopic (exact) mass is 436 g/mol. The fourth-order valence-electron chi connectivity index (χ4n) is 3.18. The zero-order valence-electron chi connectivity index (χ0n) is 16.1. The first kappa shape index (κ1) is 20.9. The molecule has 1 aromatic heterocycles. The van der Waals surface area contributed by atoms with E-state index in [2.05, 4.69) is 14.7 Å². The molecule has 0 radical (unpaired) electrons. The molecule has 1 N–H and O–H groups in total. The zero-order valence-corrected chi connectivity index (χ0v) is 16.1. The van der Waals surface area contributed by atoms with Gasteiger partial charge in [0.25, 0.3) is 0 Å². The van der Waals surface area contributed by atoms with Crippen molar-refractivity contribution >= 4 is 0 Å². The number of ether oxygens (including phenoxy) is 3. The van der Waals surface area contributed by atoms with Gasteiger partial charge in [-0.15, -0.1) is 0 Å². The molecular weight excluding hydrogens is 420 g/mol. The van der Waals surface area contributed by atoms with E-state index in [1.807, 2.05) is 0 Å². The summed E-state index contributed by atoms with van der Waals surface area (Å²) in [6, 6.07) is 4.19. The van der Waals surface area contributed by atoms with Crippen LogP contribution in [0.5, 0.6) is 17.2 Å². The summed E-state index contributed by atoms with van der Waals surface area (Å²) in [5, 5.41) is 9.02. The molecule has 10 heteroatoms. The van der Waals surface area contributed by atoms with E-state index in [4.69, 9.17) is 14.6 Å². The van der Waals surface area contributed by atoms with Crippen LogP contribution in [0.25, 0.3) is 11.1 Å². The predicted molar refractivity (Wildman–Crippen MR) is 100.0 cm³/mol. The molecule has 1 atom stereocenters. The minimum absolute atomic E-state index is 0.0621. The number of fused-ring (bicyclic) bond motifs is 1. The van der Waals surface area contributed by atoms with Gasteiger partial charge in [-0.2, -0.15) is 13.2 Å². The minimum atomic E-state index is -3.17. The third-order valence-corrected chi connectivity index (χ3v) is 4.50. The fraction of sp³-hybridized carbons (Fsp3) is 0.238. The normalized spacial score (nSPS) is 17.3. The van der Waals surface area contributed by atoms with E-state index < -0.39 is 18.5 Å². The summed E-state index contributed by atoms with van der Waals surface area (Å²) in [4.78, 5) is 7.88. The topological polar surface area (TPSA) is 73.7 Å². The van der Waals surface area contributed by atoms with Gasteiger partial charge in [0.1, 0.15) is 18.2 Å². The van der Waals surface area contributed by atoms with E-state index in [1.54, 1.807) is 0 Å². The SMILES string of the molecule is CC1(F)Oc2ccc(-c3cc(Cc4cnc(CO)nc4)c(F)cc3OC(F)F)cc2O1. The Morgan fingerprint density at radius 1 is 1.10 bits per heavy atom. The van der Waals surface area contributed by atoms with E-state index in [9.17, 15) is 17.6 Å². The summed E-state index contributed by atoms with van der Waals surface area (Å²) in [7, 11) is 0. The molecule has 0 saturated carbocycles. The van der Waals surface area contributed by atoms with Gasteiger partial charge >= 0.3 is 12.7 Å². The van der Waals surface area contributed by atoms with Gasteiger partial charge in [0.2, 0.25) is 0 Å². The summed E-state index contributed by atoms with van der Waals surface area (Å²) >= 11 is 0. The van der Waals surface area contributed by atoms with Crippen LogP contribution >= 0.6 is 0 Å². The van der Waals surface area contributed by atoms with Crippen molar-refractivity contribution in [3.8, 4) is 28.4 Å². The molecule has 4 rings (SSSR count). The molecule has 0 bridgehead atoms. The van der Waals surface area contributed by atoms with Crippen LogP contribution in [-0.4, -0.2) is 27.7 Å². The Morgan fingerprint density at radius 2 is 1.81 bits per heavy atom. The highest BCUT2D eigenvalue weighted by molar-refractivity contribution is 5.74. The highest BCUT2D eigenvalue weighted by Crippen LogP contribution is 2.44. The van der Waals surface area contributed by atoms with Crippen molar-refractivity contribution in [1.82, 2.24) is 9.97 Å². The second-order valence-electron chi connectivity index (χ2n) is 6.86. The van der Waals surface area contributed by atoms with Gasteiger partial charge in [-0.1, -0.05) is 6.07 Å². The lowest BCUT2D eigenvalue weighted by atomic mass is 9.98. The molecule has 1 aliphatic heterocycles.